The van der Waals surface area contributed by atoms with Gasteiger partial charge in [0.05, 0.1) is 31.3 Å². The number of nitrogens with zero attached hydrogens (tertiary/aromatic N) is 2. The molecule has 0 radical (unpaired) electrons. The minimum atomic E-state index is -0.653. The number of benzene rings is 3. The van der Waals surface area contributed by atoms with E-state index in [9.17, 15) is 9.59 Å². The van der Waals surface area contributed by atoms with Gasteiger partial charge in [-0.3, -0.25) is 10.3 Å². The van der Waals surface area contributed by atoms with Crippen molar-refractivity contribution in [2.75, 3.05) is 30.2 Å². The number of aryl methyl sites for hydroxylation is 1. The Kier molecular flexibility index (Phi) is 8.68. The number of nitrogens with one attached hydrogen (secondary N) is 3. The summed E-state index contributed by atoms with van der Waals surface area (Å²) in [5.74, 6) is 1.53. The van der Waals surface area contributed by atoms with Crippen molar-refractivity contribution in [2.24, 2.45) is 0 Å². The van der Waals surface area contributed by atoms with Crippen molar-refractivity contribution < 1.29 is 23.8 Å². The lowest BCUT2D eigenvalue weighted by atomic mass is 9.86. The molecular formula is C33H33N5O5S. The first-order chi connectivity index (χ1) is 21.0. The average molecular weight is 612 g/mol. The zero-order chi connectivity index (χ0) is 31.4. The Hall–Kier alpha value is -5.16. The lowest BCUT2D eigenvalue weighted by Gasteiger charge is -2.24. The van der Waals surface area contributed by atoms with Crippen LogP contribution in [0.1, 0.15) is 32.0 Å². The number of fused-ring (bicyclic) bond motifs is 1. The molecule has 0 saturated heterocycles. The van der Waals surface area contributed by atoms with E-state index in [2.05, 4.69) is 25.9 Å². The number of urea groups is 1. The van der Waals surface area contributed by atoms with Crippen molar-refractivity contribution in [2.45, 2.75) is 33.1 Å². The van der Waals surface area contributed by atoms with Crippen molar-refractivity contribution in [3.63, 3.8) is 0 Å². The van der Waals surface area contributed by atoms with Gasteiger partial charge < -0.3 is 24.8 Å². The number of pyridine rings is 1. The quantitative estimate of drug-likeness (QED) is 0.168. The monoisotopic (exact) mass is 611 g/mol. The van der Waals surface area contributed by atoms with Crippen molar-refractivity contribution >= 4 is 51.3 Å². The molecule has 3 N–H and O–H groups in total. The van der Waals surface area contributed by atoms with E-state index in [0.29, 0.717) is 28.6 Å². The smallest absolute Gasteiger partial charge is 0.411 e. The second-order valence-corrected chi connectivity index (χ2v) is 11.8. The number of thiazole rings is 1. The number of carbonyl (C=O) groups is 2. The molecule has 2 heterocycles. The summed E-state index contributed by atoms with van der Waals surface area (Å²) in [6, 6.07) is 18.0. The Morgan fingerprint density at radius 1 is 0.864 bits per heavy atom. The van der Waals surface area contributed by atoms with Crippen LogP contribution in [-0.4, -0.2) is 36.3 Å². The first kappa shape index (κ1) is 30.3. The maximum Gasteiger partial charge on any atom is 0.411 e. The molecule has 0 spiro atoms. The lowest BCUT2D eigenvalue weighted by Crippen LogP contribution is -2.22. The summed E-state index contributed by atoms with van der Waals surface area (Å²) >= 11 is 1.53. The number of methoxy groups -OCH3 is 2. The molecule has 10 nitrogen and oxygen atoms in total. The Morgan fingerprint density at radius 2 is 1.57 bits per heavy atom. The van der Waals surface area contributed by atoms with E-state index >= 15 is 0 Å². The fraction of sp³-hybridized carbons (Fsp3) is 0.212. The minimum Gasteiger partial charge on any atom is -0.492 e. The highest BCUT2D eigenvalue weighted by atomic mass is 32.1. The normalized spacial score (nSPS) is 11.1. The molecule has 0 aliphatic heterocycles. The summed E-state index contributed by atoms with van der Waals surface area (Å²) in [7, 11) is 2.74. The molecule has 5 rings (SSSR count). The van der Waals surface area contributed by atoms with E-state index in [1.54, 1.807) is 24.4 Å². The Labute approximate surface area is 259 Å². The fourth-order valence-electron chi connectivity index (χ4n) is 4.56. The van der Waals surface area contributed by atoms with Crippen LogP contribution in [0, 0.1) is 6.92 Å². The standard InChI is InChI=1S/C33H33N5O5S/c1-19-18-44-30(35-19)27-17-21(13-14-34-27)43-28-12-11-24(22-9-7-8-10-23(22)28)36-31(39)37-25-15-20(33(2,3)4)16-26(29(25)41-5)38-32(40)42-6/h7-18H,1-6H3,(H,38,40)(H2,36,37,39). The number of amides is 3. The van der Waals surface area contributed by atoms with Crippen LogP contribution in [-0.2, 0) is 10.2 Å². The molecular weight excluding hydrogens is 578 g/mol. The summed E-state index contributed by atoms with van der Waals surface area (Å²) in [5, 5.41) is 12.9. The van der Waals surface area contributed by atoms with Crippen LogP contribution in [0.2, 0.25) is 0 Å². The van der Waals surface area contributed by atoms with Crippen LogP contribution in [0.4, 0.5) is 26.7 Å². The molecule has 3 aromatic carbocycles. The van der Waals surface area contributed by atoms with Crippen LogP contribution in [0.3, 0.4) is 0 Å². The number of hydrogen-bond acceptors (Lipinski definition) is 8. The first-order valence-corrected chi connectivity index (χ1v) is 14.7. The lowest BCUT2D eigenvalue weighted by molar-refractivity contribution is 0.187. The molecule has 0 aliphatic carbocycles. The molecule has 0 bridgehead atoms. The summed E-state index contributed by atoms with van der Waals surface area (Å²) in [6.45, 7) is 8.04. The van der Waals surface area contributed by atoms with Crippen LogP contribution in [0.25, 0.3) is 21.5 Å². The van der Waals surface area contributed by atoms with Gasteiger partial charge >= 0.3 is 12.1 Å². The van der Waals surface area contributed by atoms with Crippen LogP contribution in [0.5, 0.6) is 17.2 Å². The largest absolute Gasteiger partial charge is 0.492 e. The maximum absolute atomic E-state index is 13.4. The van der Waals surface area contributed by atoms with Crippen molar-refractivity contribution in [1.82, 2.24) is 9.97 Å². The predicted octanol–water partition coefficient (Wildman–Crippen LogP) is 8.59. The Bertz CT molecular complexity index is 1850. The van der Waals surface area contributed by atoms with Gasteiger partial charge in [0.15, 0.2) is 5.75 Å². The number of rotatable bonds is 7. The van der Waals surface area contributed by atoms with E-state index in [4.69, 9.17) is 14.2 Å². The number of hydrogen-bond donors (Lipinski definition) is 3. The maximum atomic E-state index is 13.4. The summed E-state index contributed by atoms with van der Waals surface area (Å²) in [4.78, 5) is 34.4. The minimum absolute atomic E-state index is 0.285. The van der Waals surface area contributed by atoms with E-state index in [-0.39, 0.29) is 11.2 Å². The molecule has 0 aliphatic rings. The molecule has 44 heavy (non-hydrogen) atoms. The van der Waals surface area contributed by atoms with Gasteiger partial charge in [-0.05, 0) is 48.2 Å². The average Bonchev–Trinajstić information content (AvgIpc) is 3.44. The number of anilines is 3. The number of carbonyl (C=O) groups excluding carboxylic acids is 2. The van der Waals surface area contributed by atoms with Crippen molar-refractivity contribution in [3.05, 3.63) is 83.5 Å². The number of ether oxygens (including phenoxy) is 3. The van der Waals surface area contributed by atoms with Crippen molar-refractivity contribution in [3.8, 4) is 28.0 Å². The molecule has 11 heteroatoms. The van der Waals surface area contributed by atoms with Gasteiger partial charge in [0.2, 0.25) is 0 Å². The topological polar surface area (TPSA) is 124 Å². The molecule has 2 aromatic heterocycles. The highest BCUT2D eigenvalue weighted by Gasteiger charge is 2.22. The van der Waals surface area contributed by atoms with Gasteiger partial charge in [-0.2, -0.15) is 0 Å². The third-order valence-corrected chi connectivity index (χ3v) is 7.74. The van der Waals surface area contributed by atoms with E-state index in [1.807, 2.05) is 75.5 Å². The van der Waals surface area contributed by atoms with Gasteiger partial charge in [0, 0.05) is 34.1 Å². The van der Waals surface area contributed by atoms with Crippen LogP contribution >= 0.6 is 11.3 Å². The van der Waals surface area contributed by atoms with Gasteiger partial charge in [0.1, 0.15) is 22.2 Å². The number of aromatic nitrogens is 2. The molecule has 0 atom stereocenters. The molecule has 226 valence electrons. The molecule has 0 saturated carbocycles. The summed E-state index contributed by atoms with van der Waals surface area (Å²) in [5.41, 5.74) is 3.60. The molecule has 5 aromatic rings. The highest BCUT2D eigenvalue weighted by molar-refractivity contribution is 7.13. The molecule has 0 unspecified atom stereocenters. The predicted molar refractivity (Wildman–Crippen MR) is 174 cm³/mol. The SMILES string of the molecule is COC(=O)Nc1cc(C(C)(C)C)cc(NC(=O)Nc2ccc(Oc3ccnc(-c4nc(C)cs4)c3)c3ccccc23)c1OC. The third-order valence-electron chi connectivity index (χ3n) is 6.76. The highest BCUT2D eigenvalue weighted by Crippen LogP contribution is 2.40. The second-order valence-electron chi connectivity index (χ2n) is 11.0. The van der Waals surface area contributed by atoms with Gasteiger partial charge in [-0.25, -0.2) is 14.6 Å². The summed E-state index contributed by atoms with van der Waals surface area (Å²) < 4.78 is 16.6. The van der Waals surface area contributed by atoms with E-state index in [1.165, 1.54) is 25.6 Å². The first-order valence-electron chi connectivity index (χ1n) is 13.8. The molecule has 3 amide bonds. The fourth-order valence-corrected chi connectivity index (χ4v) is 5.33. The summed E-state index contributed by atoms with van der Waals surface area (Å²) in [6.07, 6.45) is 1.04. The van der Waals surface area contributed by atoms with Gasteiger partial charge in [-0.15, -0.1) is 11.3 Å². The second kappa shape index (κ2) is 12.6. The Balaban J connectivity index is 1.42. The zero-order valence-electron chi connectivity index (χ0n) is 25.3. The van der Waals surface area contributed by atoms with E-state index in [0.717, 1.165) is 32.7 Å². The van der Waals surface area contributed by atoms with Gasteiger partial charge in [0.25, 0.3) is 0 Å². The van der Waals surface area contributed by atoms with Crippen LogP contribution in [0.15, 0.2) is 72.2 Å². The van der Waals surface area contributed by atoms with Crippen LogP contribution < -0.4 is 25.4 Å². The zero-order valence-corrected chi connectivity index (χ0v) is 26.1. The van der Waals surface area contributed by atoms with Crippen molar-refractivity contribution in [1.29, 1.82) is 0 Å². The van der Waals surface area contributed by atoms with Gasteiger partial charge in [-0.1, -0.05) is 45.0 Å². The van der Waals surface area contributed by atoms with E-state index < -0.39 is 12.1 Å². The third kappa shape index (κ3) is 6.73. The Morgan fingerprint density at radius 3 is 2.23 bits per heavy atom. The molecule has 0 fully saturated rings.